The summed E-state index contributed by atoms with van der Waals surface area (Å²) in [7, 11) is 1.32. The molecule has 2 atom stereocenters. The number of allylic oxidation sites excluding steroid dienone is 8. The van der Waals surface area contributed by atoms with Crippen molar-refractivity contribution < 1.29 is 33.7 Å². The smallest absolute Gasteiger partial charge is 0.339 e. The molecule has 1 N–H and O–H groups in total. The molecule has 2 aliphatic carbocycles. The van der Waals surface area contributed by atoms with Crippen LogP contribution in [0.3, 0.4) is 0 Å². The first-order chi connectivity index (χ1) is 15.9. The zero-order valence-corrected chi connectivity index (χ0v) is 19.2. The average molecular weight is 457 g/mol. The van der Waals surface area contributed by atoms with Crippen LogP contribution in [0, 0.1) is 0 Å². The van der Waals surface area contributed by atoms with Crippen molar-refractivity contribution in [2.75, 3.05) is 7.11 Å². The largest absolute Gasteiger partial charge is 0.492 e. The summed E-state index contributed by atoms with van der Waals surface area (Å²) in [5.74, 6) is 0.442. The zero-order valence-electron chi connectivity index (χ0n) is 19.2. The maximum atomic E-state index is 12.5. The van der Waals surface area contributed by atoms with Gasteiger partial charge >= 0.3 is 11.9 Å². The van der Waals surface area contributed by atoms with Gasteiger partial charge in [0.25, 0.3) is 0 Å². The van der Waals surface area contributed by atoms with Crippen LogP contribution in [0.5, 0.6) is 0 Å². The summed E-state index contributed by atoms with van der Waals surface area (Å²) >= 11 is 0. The molecule has 0 aromatic rings. The van der Waals surface area contributed by atoms with Gasteiger partial charge in [0, 0.05) is 30.9 Å². The van der Waals surface area contributed by atoms with Crippen LogP contribution in [0.25, 0.3) is 0 Å². The SMILES string of the molecule is C=C(C=O)CC(O)C(CCC)OC1=CC=C(C(=O)OC2=CC=C(/C=C/C(=O)OC)CC2)CC1. The fraction of sp³-hybridized carbons (Fsp3) is 0.423. The molecule has 2 rings (SSSR count). The van der Waals surface area contributed by atoms with Gasteiger partial charge in [-0.3, -0.25) is 4.79 Å². The third-order valence-electron chi connectivity index (χ3n) is 5.32. The predicted molar refractivity (Wildman–Crippen MR) is 124 cm³/mol. The molecule has 0 heterocycles. The molecule has 33 heavy (non-hydrogen) atoms. The highest BCUT2D eigenvalue weighted by Crippen LogP contribution is 2.27. The van der Waals surface area contributed by atoms with Gasteiger partial charge in [-0.05, 0) is 48.6 Å². The number of methoxy groups -OCH3 is 1. The average Bonchev–Trinajstić information content (AvgIpc) is 2.83. The highest BCUT2D eigenvalue weighted by molar-refractivity contribution is 5.90. The summed E-state index contributed by atoms with van der Waals surface area (Å²) in [5, 5.41) is 10.4. The van der Waals surface area contributed by atoms with Gasteiger partial charge < -0.3 is 19.3 Å². The molecule has 0 aliphatic heterocycles. The third kappa shape index (κ3) is 8.69. The van der Waals surface area contributed by atoms with Gasteiger partial charge in [0.15, 0.2) is 0 Å². The summed E-state index contributed by atoms with van der Waals surface area (Å²) in [6.45, 7) is 5.61. The Morgan fingerprint density at radius 3 is 2.42 bits per heavy atom. The zero-order chi connectivity index (χ0) is 24.2. The van der Waals surface area contributed by atoms with E-state index in [9.17, 15) is 19.5 Å². The second kappa shape index (κ2) is 13.4. The number of carbonyl (C=O) groups is 3. The molecule has 2 aliphatic rings. The highest BCUT2D eigenvalue weighted by Gasteiger charge is 2.24. The lowest BCUT2D eigenvalue weighted by Gasteiger charge is -2.26. The van der Waals surface area contributed by atoms with Gasteiger partial charge in [-0.25, -0.2) is 9.59 Å². The Balaban J connectivity index is 1.94. The Morgan fingerprint density at radius 1 is 1.12 bits per heavy atom. The van der Waals surface area contributed by atoms with Crippen LogP contribution < -0.4 is 0 Å². The Bertz CT molecular complexity index is 902. The van der Waals surface area contributed by atoms with Crippen molar-refractivity contribution in [2.45, 2.75) is 64.1 Å². The standard InChI is InChI=1S/C26H32O7/c1-4-5-24(23(28)16-18(2)17-27)32-21-13-9-20(10-14-21)26(30)33-22-11-6-19(7-12-22)8-15-25(29)31-3/h6,8-9,11,13,15,17,23-24,28H,2,4-5,7,10,12,14,16H2,1,3H3/b15-8+. The van der Waals surface area contributed by atoms with Crippen LogP contribution in [-0.2, 0) is 28.6 Å². The van der Waals surface area contributed by atoms with Crippen molar-refractivity contribution in [3.8, 4) is 0 Å². The summed E-state index contributed by atoms with van der Waals surface area (Å²) in [4.78, 5) is 34.5. The third-order valence-corrected chi connectivity index (χ3v) is 5.32. The van der Waals surface area contributed by atoms with Crippen LogP contribution in [0.2, 0.25) is 0 Å². The van der Waals surface area contributed by atoms with Crippen molar-refractivity contribution >= 4 is 18.2 Å². The van der Waals surface area contributed by atoms with Gasteiger partial charge in [-0.1, -0.05) is 32.1 Å². The molecule has 0 saturated carbocycles. The van der Waals surface area contributed by atoms with Crippen LogP contribution in [0.15, 0.2) is 71.3 Å². The van der Waals surface area contributed by atoms with Crippen LogP contribution in [0.1, 0.15) is 51.9 Å². The summed E-state index contributed by atoms with van der Waals surface area (Å²) in [6, 6.07) is 0. The highest BCUT2D eigenvalue weighted by atomic mass is 16.5. The van der Waals surface area contributed by atoms with Crippen molar-refractivity contribution in [3.63, 3.8) is 0 Å². The van der Waals surface area contributed by atoms with Crippen molar-refractivity contribution in [2.24, 2.45) is 0 Å². The second-order valence-corrected chi connectivity index (χ2v) is 7.94. The van der Waals surface area contributed by atoms with E-state index in [2.05, 4.69) is 11.3 Å². The van der Waals surface area contributed by atoms with E-state index in [0.717, 1.165) is 12.0 Å². The van der Waals surface area contributed by atoms with Crippen molar-refractivity contribution in [1.82, 2.24) is 0 Å². The van der Waals surface area contributed by atoms with Crippen LogP contribution >= 0.6 is 0 Å². The minimum absolute atomic E-state index is 0.165. The Labute approximate surface area is 194 Å². The maximum Gasteiger partial charge on any atom is 0.339 e. The Kier molecular flexibility index (Phi) is 10.6. The molecule has 0 bridgehead atoms. The van der Waals surface area contributed by atoms with Gasteiger partial charge in [0.2, 0.25) is 0 Å². The predicted octanol–water partition coefficient (Wildman–Crippen LogP) is 4.16. The van der Waals surface area contributed by atoms with Gasteiger partial charge in [-0.2, -0.15) is 0 Å². The number of esters is 2. The number of aliphatic hydroxyl groups is 1. The van der Waals surface area contributed by atoms with Gasteiger partial charge in [-0.15, -0.1) is 0 Å². The van der Waals surface area contributed by atoms with E-state index in [1.54, 1.807) is 24.3 Å². The first-order valence-electron chi connectivity index (χ1n) is 11.1. The van der Waals surface area contributed by atoms with E-state index >= 15 is 0 Å². The molecule has 0 aromatic carbocycles. The van der Waals surface area contributed by atoms with E-state index in [0.29, 0.717) is 61.1 Å². The molecular formula is C26H32O7. The van der Waals surface area contributed by atoms with Crippen LogP contribution in [0.4, 0.5) is 0 Å². The quantitative estimate of drug-likeness (QED) is 0.267. The number of ether oxygens (including phenoxy) is 3. The molecule has 0 aromatic heterocycles. The fourth-order valence-corrected chi connectivity index (χ4v) is 3.43. The lowest BCUT2D eigenvalue weighted by Crippen LogP contribution is -2.29. The van der Waals surface area contributed by atoms with E-state index < -0.39 is 24.1 Å². The first-order valence-corrected chi connectivity index (χ1v) is 11.1. The molecule has 0 radical (unpaired) electrons. The van der Waals surface area contributed by atoms with Crippen molar-refractivity contribution in [1.29, 1.82) is 0 Å². The molecule has 7 nitrogen and oxygen atoms in total. The monoisotopic (exact) mass is 456 g/mol. The Morgan fingerprint density at radius 2 is 1.85 bits per heavy atom. The number of rotatable bonds is 12. The number of hydrogen-bond acceptors (Lipinski definition) is 7. The minimum Gasteiger partial charge on any atom is -0.492 e. The number of aliphatic hydroxyl groups excluding tert-OH is 1. The topological polar surface area (TPSA) is 99.1 Å². The lowest BCUT2D eigenvalue weighted by molar-refractivity contribution is -0.136. The summed E-state index contributed by atoms with van der Waals surface area (Å²) in [6.07, 6.45) is 13.2. The van der Waals surface area contributed by atoms with Gasteiger partial charge in [0.1, 0.15) is 18.1 Å². The van der Waals surface area contributed by atoms with E-state index in [1.165, 1.54) is 13.2 Å². The maximum absolute atomic E-state index is 12.5. The molecule has 0 amide bonds. The van der Waals surface area contributed by atoms with Gasteiger partial charge in [0.05, 0.1) is 19.0 Å². The normalized spacial score (nSPS) is 17.7. The summed E-state index contributed by atoms with van der Waals surface area (Å²) < 4.78 is 16.1. The molecule has 0 saturated heterocycles. The van der Waals surface area contributed by atoms with E-state index in [4.69, 9.17) is 9.47 Å². The Hall–Kier alpha value is -3.19. The summed E-state index contributed by atoms with van der Waals surface area (Å²) in [5.41, 5.74) is 1.82. The molecule has 0 spiro atoms. The molecule has 178 valence electrons. The number of carbonyl (C=O) groups excluding carboxylic acids is 3. The number of hydrogen-bond donors (Lipinski definition) is 1. The van der Waals surface area contributed by atoms with E-state index in [-0.39, 0.29) is 6.42 Å². The van der Waals surface area contributed by atoms with Crippen LogP contribution in [-0.4, -0.2) is 42.6 Å². The number of aldehydes is 1. The minimum atomic E-state index is -0.822. The fourth-order valence-electron chi connectivity index (χ4n) is 3.43. The molecular weight excluding hydrogens is 424 g/mol. The molecule has 0 fully saturated rings. The lowest BCUT2D eigenvalue weighted by atomic mass is 10.0. The second-order valence-electron chi connectivity index (χ2n) is 7.94. The molecule has 7 heteroatoms. The first kappa shape index (κ1) is 26.1. The molecule has 2 unspecified atom stereocenters. The van der Waals surface area contributed by atoms with Crippen molar-refractivity contribution in [3.05, 3.63) is 71.3 Å². The van der Waals surface area contributed by atoms with E-state index in [1.807, 2.05) is 13.0 Å².